The van der Waals surface area contributed by atoms with Gasteiger partial charge in [-0.1, -0.05) is 6.07 Å². The van der Waals surface area contributed by atoms with E-state index in [1.165, 1.54) is 0 Å². The predicted octanol–water partition coefficient (Wildman–Crippen LogP) is 1.48. The molecule has 0 bridgehead atoms. The van der Waals surface area contributed by atoms with Crippen molar-refractivity contribution < 1.29 is 4.79 Å². The van der Waals surface area contributed by atoms with Crippen LogP contribution in [0.15, 0.2) is 18.2 Å². The molecule has 1 heterocycles. The van der Waals surface area contributed by atoms with E-state index in [2.05, 4.69) is 4.98 Å². The number of pyridine rings is 1. The van der Waals surface area contributed by atoms with Gasteiger partial charge in [0.15, 0.2) is 0 Å². The molecule has 4 nitrogen and oxygen atoms in total. The first-order chi connectivity index (χ1) is 8.13. The molecule has 0 saturated carbocycles. The van der Waals surface area contributed by atoms with Gasteiger partial charge in [0.2, 0.25) is 5.91 Å². The molecule has 2 N–H and O–H groups in total. The Balaban J connectivity index is 2.43. The lowest BCUT2D eigenvalue weighted by atomic mass is 10.2. The average molecular weight is 235 g/mol. The lowest BCUT2D eigenvalue weighted by molar-refractivity contribution is -0.130. The number of unbranched alkanes of at least 4 members (excludes halogenated alkanes) is 1. The van der Waals surface area contributed by atoms with Gasteiger partial charge in [-0.25, -0.2) is 0 Å². The molecule has 0 aliphatic rings. The number of carbonyl (C=O) groups excluding carboxylic acids is 1. The number of amides is 1. The lowest BCUT2D eigenvalue weighted by Gasteiger charge is -2.16. The fourth-order valence-corrected chi connectivity index (χ4v) is 1.63. The van der Waals surface area contributed by atoms with Crippen molar-refractivity contribution in [3.63, 3.8) is 0 Å². The molecule has 0 aliphatic carbocycles. The van der Waals surface area contributed by atoms with Crippen molar-refractivity contribution in [1.29, 1.82) is 0 Å². The number of hydrogen-bond acceptors (Lipinski definition) is 3. The normalized spacial score (nSPS) is 10.3. The summed E-state index contributed by atoms with van der Waals surface area (Å²) in [5.41, 5.74) is 7.30. The summed E-state index contributed by atoms with van der Waals surface area (Å²) in [6, 6.07) is 5.85. The largest absolute Gasteiger partial charge is 0.340 e. The number of carbonyl (C=O) groups is 1. The minimum absolute atomic E-state index is 0.154. The van der Waals surface area contributed by atoms with E-state index in [4.69, 9.17) is 5.73 Å². The van der Waals surface area contributed by atoms with E-state index in [1.54, 1.807) is 4.90 Å². The molecule has 0 aliphatic heterocycles. The zero-order valence-electron chi connectivity index (χ0n) is 10.6. The van der Waals surface area contributed by atoms with Crippen molar-refractivity contribution in [2.24, 2.45) is 5.73 Å². The zero-order chi connectivity index (χ0) is 12.7. The van der Waals surface area contributed by atoms with Crippen LogP contribution < -0.4 is 5.73 Å². The fraction of sp³-hybridized carbons (Fsp3) is 0.538. The van der Waals surface area contributed by atoms with Gasteiger partial charge in [0.25, 0.3) is 0 Å². The van der Waals surface area contributed by atoms with Gasteiger partial charge in [0.1, 0.15) is 0 Å². The Morgan fingerprint density at radius 2 is 2.18 bits per heavy atom. The third-order valence-corrected chi connectivity index (χ3v) is 2.62. The molecular formula is C13H21N3O. The standard InChI is InChI=1S/C13H21N3O/c1-11-6-5-7-12(15-11)10-16(2)13(17)8-3-4-9-14/h5-7H,3-4,8-10,14H2,1-2H3. The third-order valence-electron chi connectivity index (χ3n) is 2.62. The molecule has 0 fully saturated rings. The smallest absolute Gasteiger partial charge is 0.222 e. The van der Waals surface area contributed by atoms with Gasteiger partial charge >= 0.3 is 0 Å². The Morgan fingerprint density at radius 1 is 1.41 bits per heavy atom. The van der Waals surface area contributed by atoms with Crippen molar-refractivity contribution in [2.75, 3.05) is 13.6 Å². The van der Waals surface area contributed by atoms with Crippen LogP contribution >= 0.6 is 0 Å². The van der Waals surface area contributed by atoms with Crippen LogP contribution in [0.5, 0.6) is 0 Å². The molecule has 1 rings (SSSR count). The highest BCUT2D eigenvalue weighted by Crippen LogP contribution is 2.05. The van der Waals surface area contributed by atoms with Crippen molar-refractivity contribution in [1.82, 2.24) is 9.88 Å². The van der Waals surface area contributed by atoms with Crippen molar-refractivity contribution in [2.45, 2.75) is 32.7 Å². The fourth-order valence-electron chi connectivity index (χ4n) is 1.63. The van der Waals surface area contributed by atoms with Gasteiger partial charge in [-0.2, -0.15) is 0 Å². The molecule has 94 valence electrons. The second-order valence-corrected chi connectivity index (χ2v) is 4.27. The number of hydrogen-bond donors (Lipinski definition) is 1. The van der Waals surface area contributed by atoms with E-state index in [1.807, 2.05) is 32.2 Å². The third kappa shape index (κ3) is 4.95. The molecule has 0 atom stereocenters. The first-order valence-corrected chi connectivity index (χ1v) is 6.00. The Bertz CT molecular complexity index is 365. The summed E-state index contributed by atoms with van der Waals surface area (Å²) < 4.78 is 0. The first-order valence-electron chi connectivity index (χ1n) is 6.00. The number of nitrogens with two attached hydrogens (primary N) is 1. The van der Waals surface area contributed by atoms with E-state index in [9.17, 15) is 4.79 Å². The van der Waals surface area contributed by atoms with Gasteiger partial charge in [0, 0.05) is 19.2 Å². The molecule has 17 heavy (non-hydrogen) atoms. The second-order valence-electron chi connectivity index (χ2n) is 4.27. The molecule has 1 aromatic rings. The van der Waals surface area contributed by atoms with Crippen molar-refractivity contribution in [3.8, 4) is 0 Å². The molecule has 0 unspecified atom stereocenters. The van der Waals surface area contributed by atoms with Crippen molar-refractivity contribution >= 4 is 5.91 Å². The van der Waals surface area contributed by atoms with Crippen LogP contribution in [0.1, 0.15) is 30.7 Å². The maximum atomic E-state index is 11.8. The molecule has 1 aromatic heterocycles. The molecule has 0 spiro atoms. The summed E-state index contributed by atoms with van der Waals surface area (Å²) in [5, 5.41) is 0. The van der Waals surface area contributed by atoms with E-state index in [-0.39, 0.29) is 5.91 Å². The SMILES string of the molecule is Cc1cccc(CN(C)C(=O)CCCCN)n1. The van der Waals surface area contributed by atoms with Gasteiger partial charge in [-0.3, -0.25) is 9.78 Å². The quantitative estimate of drug-likeness (QED) is 0.760. The minimum atomic E-state index is 0.154. The lowest BCUT2D eigenvalue weighted by Crippen LogP contribution is -2.26. The summed E-state index contributed by atoms with van der Waals surface area (Å²) in [7, 11) is 1.81. The highest BCUT2D eigenvalue weighted by atomic mass is 16.2. The zero-order valence-corrected chi connectivity index (χ0v) is 10.6. The van der Waals surface area contributed by atoms with Crippen LogP contribution in [-0.2, 0) is 11.3 Å². The van der Waals surface area contributed by atoms with Crippen LogP contribution in [0.3, 0.4) is 0 Å². The van der Waals surface area contributed by atoms with Gasteiger partial charge in [-0.05, 0) is 38.4 Å². The maximum absolute atomic E-state index is 11.8. The number of aromatic nitrogens is 1. The summed E-state index contributed by atoms with van der Waals surface area (Å²) in [6.45, 7) is 3.17. The van der Waals surface area contributed by atoms with Gasteiger partial charge in [-0.15, -0.1) is 0 Å². The molecule has 0 radical (unpaired) electrons. The Labute approximate surface area is 103 Å². The summed E-state index contributed by atoms with van der Waals surface area (Å²) in [4.78, 5) is 17.9. The Kier molecular flexibility index (Phi) is 5.63. The Hall–Kier alpha value is -1.42. The molecule has 4 heteroatoms. The topological polar surface area (TPSA) is 59.2 Å². The summed E-state index contributed by atoms with van der Waals surface area (Å²) in [5.74, 6) is 0.154. The molecule has 0 saturated heterocycles. The summed E-state index contributed by atoms with van der Waals surface area (Å²) >= 11 is 0. The molecule has 0 aromatic carbocycles. The Morgan fingerprint density at radius 3 is 2.82 bits per heavy atom. The highest BCUT2D eigenvalue weighted by Gasteiger charge is 2.09. The van der Waals surface area contributed by atoms with Gasteiger partial charge < -0.3 is 10.6 Å². The van der Waals surface area contributed by atoms with Crippen LogP contribution in [0, 0.1) is 6.92 Å². The van der Waals surface area contributed by atoms with Crippen LogP contribution in [0.25, 0.3) is 0 Å². The van der Waals surface area contributed by atoms with E-state index < -0.39 is 0 Å². The highest BCUT2D eigenvalue weighted by molar-refractivity contribution is 5.75. The number of rotatable bonds is 6. The average Bonchev–Trinajstić information content (AvgIpc) is 2.29. The minimum Gasteiger partial charge on any atom is -0.340 e. The summed E-state index contributed by atoms with van der Waals surface area (Å²) in [6.07, 6.45) is 2.34. The maximum Gasteiger partial charge on any atom is 0.222 e. The van der Waals surface area contributed by atoms with Crippen molar-refractivity contribution in [3.05, 3.63) is 29.6 Å². The van der Waals surface area contributed by atoms with Crippen LogP contribution in [0.2, 0.25) is 0 Å². The molecule has 1 amide bonds. The van der Waals surface area contributed by atoms with E-state index in [0.717, 1.165) is 24.2 Å². The van der Waals surface area contributed by atoms with Crippen LogP contribution in [-0.4, -0.2) is 29.4 Å². The van der Waals surface area contributed by atoms with E-state index in [0.29, 0.717) is 19.5 Å². The van der Waals surface area contributed by atoms with Crippen LogP contribution in [0.4, 0.5) is 0 Å². The second kappa shape index (κ2) is 7.01. The molecular weight excluding hydrogens is 214 g/mol. The predicted molar refractivity (Wildman–Crippen MR) is 68.4 cm³/mol. The number of aryl methyl sites for hydroxylation is 1. The first kappa shape index (κ1) is 13.6. The van der Waals surface area contributed by atoms with Gasteiger partial charge in [0.05, 0.1) is 12.2 Å². The number of nitrogens with zero attached hydrogens (tertiary/aromatic N) is 2. The van der Waals surface area contributed by atoms with E-state index >= 15 is 0 Å². The monoisotopic (exact) mass is 235 g/mol.